The van der Waals surface area contributed by atoms with Gasteiger partial charge in [-0.3, -0.25) is 19.1 Å². The number of nitrogens with one attached hydrogen (secondary N) is 2. The van der Waals surface area contributed by atoms with Gasteiger partial charge < -0.3 is 20.6 Å². The van der Waals surface area contributed by atoms with Gasteiger partial charge in [0.25, 0.3) is 11.8 Å². The molecule has 6 rings (SSSR count). The number of benzene rings is 3. The molecule has 2 amide bonds. The minimum Gasteiger partial charge on any atom is -0.481 e. The number of para-hydroxylation sites is 1. The number of fused-ring (bicyclic) bond motifs is 1. The molecule has 1 saturated heterocycles. The molecular formula is C33H34FN5O4. The van der Waals surface area contributed by atoms with E-state index in [1.165, 1.54) is 12.1 Å². The normalized spacial score (nSPS) is 15.7. The maximum absolute atomic E-state index is 13.8. The molecule has 2 aliphatic rings. The molecule has 2 fully saturated rings. The average molecular weight is 584 g/mol. The molecule has 1 aliphatic heterocycles. The lowest BCUT2D eigenvalue weighted by atomic mass is 10.1. The van der Waals surface area contributed by atoms with Crippen LogP contribution in [0.5, 0.6) is 0 Å². The number of carboxylic acids is 1. The Balaban J connectivity index is 1.32. The smallest absolute Gasteiger partial charge is 0.307 e. The van der Waals surface area contributed by atoms with Gasteiger partial charge in [0.05, 0.1) is 29.4 Å². The second-order valence-corrected chi connectivity index (χ2v) is 11.4. The number of anilines is 3. The molecule has 1 atom stereocenters. The van der Waals surface area contributed by atoms with E-state index in [1.54, 1.807) is 12.1 Å². The lowest BCUT2D eigenvalue weighted by Crippen LogP contribution is -2.30. The number of piperidine rings is 1. The Morgan fingerprint density at radius 2 is 1.70 bits per heavy atom. The Labute approximate surface area is 248 Å². The van der Waals surface area contributed by atoms with Crippen molar-refractivity contribution in [1.82, 2.24) is 9.78 Å². The minimum absolute atomic E-state index is 0.155. The standard InChI is InChI=1S/C33H34FN5O4/c1-20(21-9-10-21)39-28-8-4-3-7-25(28)31(37-39)33(43)36-27-18-22(11-14-29(27)38-15-5-2-6-16-38)32(42)35-26-13-12-24(34)17-23(26)19-30(40)41/h3-4,7-8,11-14,17-18,20-21H,2,5-6,9-10,15-16,19H2,1H3,(H,35,42)(H,36,43)(H,40,41). The number of nitrogens with zero attached hydrogens (tertiary/aromatic N) is 3. The van der Waals surface area contributed by atoms with E-state index in [1.807, 2.05) is 35.0 Å². The van der Waals surface area contributed by atoms with Gasteiger partial charge in [0.15, 0.2) is 5.69 Å². The molecule has 1 aliphatic carbocycles. The molecule has 0 radical (unpaired) electrons. The summed E-state index contributed by atoms with van der Waals surface area (Å²) in [6, 6.07) is 16.6. The zero-order valence-electron chi connectivity index (χ0n) is 24.0. The molecule has 10 heteroatoms. The summed E-state index contributed by atoms with van der Waals surface area (Å²) in [5.41, 5.74) is 3.16. The van der Waals surface area contributed by atoms with Crippen LogP contribution in [-0.2, 0) is 11.2 Å². The number of carbonyl (C=O) groups is 3. The second-order valence-electron chi connectivity index (χ2n) is 11.4. The van der Waals surface area contributed by atoms with Crippen LogP contribution in [-0.4, -0.2) is 45.8 Å². The van der Waals surface area contributed by atoms with Crippen molar-refractivity contribution >= 4 is 45.7 Å². The van der Waals surface area contributed by atoms with E-state index in [2.05, 4.69) is 22.5 Å². The molecule has 3 N–H and O–H groups in total. The third-order valence-corrected chi connectivity index (χ3v) is 8.38. The van der Waals surface area contributed by atoms with Gasteiger partial charge in [-0.25, -0.2) is 4.39 Å². The summed E-state index contributed by atoms with van der Waals surface area (Å²) in [7, 11) is 0. The van der Waals surface area contributed by atoms with Crippen molar-refractivity contribution in [1.29, 1.82) is 0 Å². The van der Waals surface area contributed by atoms with Crippen molar-refractivity contribution in [2.24, 2.45) is 5.92 Å². The molecule has 222 valence electrons. The van der Waals surface area contributed by atoms with Crippen LogP contribution >= 0.6 is 0 Å². The van der Waals surface area contributed by atoms with E-state index < -0.39 is 24.1 Å². The molecule has 2 heterocycles. The van der Waals surface area contributed by atoms with E-state index >= 15 is 0 Å². The van der Waals surface area contributed by atoms with Crippen LogP contribution in [0.2, 0.25) is 0 Å². The molecule has 3 aromatic carbocycles. The second kappa shape index (κ2) is 11.9. The number of amides is 2. The summed E-state index contributed by atoms with van der Waals surface area (Å²) < 4.78 is 15.8. The van der Waals surface area contributed by atoms with Gasteiger partial charge in [0.2, 0.25) is 0 Å². The first-order valence-corrected chi connectivity index (χ1v) is 14.8. The maximum Gasteiger partial charge on any atom is 0.307 e. The summed E-state index contributed by atoms with van der Waals surface area (Å²) in [5, 5.41) is 20.6. The third-order valence-electron chi connectivity index (χ3n) is 8.38. The molecule has 0 spiro atoms. The number of halogens is 1. The average Bonchev–Trinajstić information content (AvgIpc) is 3.78. The molecule has 9 nitrogen and oxygen atoms in total. The van der Waals surface area contributed by atoms with Crippen LogP contribution in [0.4, 0.5) is 21.5 Å². The van der Waals surface area contributed by atoms with Gasteiger partial charge in [0, 0.05) is 29.7 Å². The molecular weight excluding hydrogens is 549 g/mol. The molecule has 4 aromatic rings. The zero-order chi connectivity index (χ0) is 30.1. The Bertz CT molecular complexity index is 1710. The summed E-state index contributed by atoms with van der Waals surface area (Å²) in [5.74, 6) is -2.05. The maximum atomic E-state index is 13.8. The van der Waals surface area contributed by atoms with Crippen molar-refractivity contribution in [3.8, 4) is 0 Å². The lowest BCUT2D eigenvalue weighted by Gasteiger charge is -2.30. The summed E-state index contributed by atoms with van der Waals surface area (Å²) in [6.45, 7) is 3.80. The molecule has 1 saturated carbocycles. The van der Waals surface area contributed by atoms with Crippen molar-refractivity contribution in [2.75, 3.05) is 28.6 Å². The number of hydrogen-bond acceptors (Lipinski definition) is 5. The van der Waals surface area contributed by atoms with E-state index in [4.69, 9.17) is 5.10 Å². The highest BCUT2D eigenvalue weighted by Gasteiger charge is 2.32. The fourth-order valence-corrected chi connectivity index (χ4v) is 5.90. The fraction of sp³-hybridized carbons (Fsp3) is 0.333. The first-order chi connectivity index (χ1) is 20.8. The highest BCUT2D eigenvalue weighted by atomic mass is 19.1. The minimum atomic E-state index is -1.14. The molecule has 1 unspecified atom stereocenters. The topological polar surface area (TPSA) is 117 Å². The highest BCUT2D eigenvalue weighted by Crippen LogP contribution is 2.41. The van der Waals surface area contributed by atoms with Crippen LogP contribution in [0.3, 0.4) is 0 Å². The van der Waals surface area contributed by atoms with E-state index in [0.717, 1.165) is 67.9 Å². The number of rotatable bonds is 9. The van der Waals surface area contributed by atoms with Gasteiger partial charge in [-0.15, -0.1) is 0 Å². The van der Waals surface area contributed by atoms with Gasteiger partial charge >= 0.3 is 5.97 Å². The first-order valence-electron chi connectivity index (χ1n) is 14.8. The van der Waals surface area contributed by atoms with E-state index in [-0.39, 0.29) is 28.8 Å². The number of carboxylic acid groups (broad SMARTS) is 1. The molecule has 0 bridgehead atoms. The van der Waals surface area contributed by atoms with E-state index in [9.17, 15) is 23.9 Å². The number of carbonyl (C=O) groups excluding carboxylic acids is 2. The number of hydrogen-bond donors (Lipinski definition) is 3. The van der Waals surface area contributed by atoms with Gasteiger partial charge in [-0.1, -0.05) is 18.2 Å². The van der Waals surface area contributed by atoms with Crippen molar-refractivity contribution in [3.05, 3.63) is 83.3 Å². The Morgan fingerprint density at radius 3 is 2.44 bits per heavy atom. The first kappa shape index (κ1) is 28.4. The van der Waals surface area contributed by atoms with Crippen molar-refractivity contribution in [3.63, 3.8) is 0 Å². The third kappa shape index (κ3) is 6.09. The summed E-state index contributed by atoms with van der Waals surface area (Å²) >= 11 is 0. The molecule has 1 aromatic heterocycles. The SMILES string of the molecule is CC(C1CC1)n1nc(C(=O)Nc2cc(C(=O)Nc3ccc(F)cc3CC(=O)O)ccc2N2CCCCC2)c2ccccc21. The summed E-state index contributed by atoms with van der Waals surface area (Å²) in [6.07, 6.45) is 5.06. The Morgan fingerprint density at radius 1 is 0.953 bits per heavy atom. The number of aromatic nitrogens is 2. The van der Waals surface area contributed by atoms with E-state index in [0.29, 0.717) is 17.3 Å². The molecule has 43 heavy (non-hydrogen) atoms. The van der Waals surface area contributed by atoms with Crippen LogP contribution < -0.4 is 15.5 Å². The Hall–Kier alpha value is -4.73. The van der Waals surface area contributed by atoms with Crippen molar-refractivity contribution in [2.45, 2.75) is 51.5 Å². The highest BCUT2D eigenvalue weighted by molar-refractivity contribution is 6.13. The van der Waals surface area contributed by atoms with Crippen LogP contribution in [0.25, 0.3) is 10.9 Å². The number of aliphatic carboxylic acids is 1. The summed E-state index contributed by atoms with van der Waals surface area (Å²) in [4.78, 5) is 40.7. The zero-order valence-corrected chi connectivity index (χ0v) is 24.0. The van der Waals surface area contributed by atoms with Gasteiger partial charge in [0.1, 0.15) is 5.82 Å². The fourth-order valence-electron chi connectivity index (χ4n) is 5.90. The van der Waals surface area contributed by atoms with Crippen LogP contribution in [0.15, 0.2) is 60.7 Å². The predicted octanol–water partition coefficient (Wildman–Crippen LogP) is 6.27. The predicted molar refractivity (Wildman–Crippen MR) is 163 cm³/mol. The van der Waals surface area contributed by atoms with Gasteiger partial charge in [-0.2, -0.15) is 5.10 Å². The largest absolute Gasteiger partial charge is 0.481 e. The quantitative estimate of drug-likeness (QED) is 0.214. The van der Waals surface area contributed by atoms with Crippen LogP contribution in [0.1, 0.15) is 71.5 Å². The van der Waals surface area contributed by atoms with Gasteiger partial charge in [-0.05, 0) is 93.0 Å². The lowest BCUT2D eigenvalue weighted by molar-refractivity contribution is -0.136. The monoisotopic (exact) mass is 583 g/mol. The van der Waals surface area contributed by atoms with Crippen LogP contribution in [0, 0.1) is 11.7 Å². The Kier molecular flexibility index (Phi) is 7.84. The van der Waals surface area contributed by atoms with Crippen molar-refractivity contribution < 1.29 is 23.9 Å².